The van der Waals surface area contributed by atoms with Gasteiger partial charge in [0.25, 0.3) is 0 Å². The lowest BCUT2D eigenvalue weighted by atomic mass is 9.98. The van der Waals surface area contributed by atoms with Crippen molar-refractivity contribution in [2.24, 2.45) is 0 Å². The number of aromatic nitrogens is 1. The van der Waals surface area contributed by atoms with Gasteiger partial charge in [-0.15, -0.1) is 0 Å². The first-order valence-corrected chi connectivity index (χ1v) is 9.30. The molecule has 1 N–H and O–H groups in total. The second-order valence-corrected chi connectivity index (χ2v) is 7.44. The summed E-state index contributed by atoms with van der Waals surface area (Å²) in [5, 5.41) is 11.8. The van der Waals surface area contributed by atoms with Crippen LogP contribution in [-0.4, -0.2) is 53.3 Å². The van der Waals surface area contributed by atoms with E-state index in [1.54, 1.807) is 0 Å². The second-order valence-electron chi connectivity index (χ2n) is 7.00. The van der Waals surface area contributed by atoms with Gasteiger partial charge in [0, 0.05) is 48.0 Å². The third-order valence-corrected chi connectivity index (χ3v) is 5.67. The molecule has 128 valence electrons. The number of β-amino-alcohol motifs (C(OH)–C–C–N with tert-alkyl or cyclic N) is 1. The van der Waals surface area contributed by atoms with Gasteiger partial charge in [0.1, 0.15) is 0 Å². The number of aliphatic hydroxyl groups excluding tert-OH is 1. The Bertz CT molecular complexity index is 715. The molecule has 3 heterocycles. The molecule has 2 saturated heterocycles. The summed E-state index contributed by atoms with van der Waals surface area (Å²) < 4.78 is 0. The lowest BCUT2D eigenvalue weighted by Crippen LogP contribution is -2.49. The molecule has 0 spiro atoms. The molecule has 0 aliphatic carbocycles. The van der Waals surface area contributed by atoms with Gasteiger partial charge < -0.3 is 10.0 Å². The quantitative estimate of drug-likeness (QED) is 0.906. The molecule has 1 aromatic heterocycles. The third-order valence-electron chi connectivity index (χ3n) is 5.43. The van der Waals surface area contributed by atoms with Crippen LogP contribution in [0.25, 0.3) is 10.9 Å². The van der Waals surface area contributed by atoms with Crippen molar-refractivity contribution in [3.63, 3.8) is 0 Å². The number of rotatable bonds is 2. The number of fused-ring (bicyclic) bond motifs is 1. The standard InChI is InChI=1S/C19H24ClN3O/c20-14-3-4-18-17(12-14)19(5-8-21-18)22-10-6-15(7-11-22)23-9-1-2-16(24)13-23/h3-5,8,12,15-16,24H,1-2,6-7,9-11,13H2. The fraction of sp³-hybridized carbons (Fsp3) is 0.526. The molecule has 5 heteroatoms. The third kappa shape index (κ3) is 3.23. The van der Waals surface area contributed by atoms with E-state index in [2.05, 4.69) is 20.9 Å². The first-order valence-electron chi connectivity index (χ1n) is 8.92. The Morgan fingerprint density at radius 1 is 1.08 bits per heavy atom. The zero-order chi connectivity index (χ0) is 16.5. The van der Waals surface area contributed by atoms with Gasteiger partial charge >= 0.3 is 0 Å². The van der Waals surface area contributed by atoms with E-state index in [1.807, 2.05) is 24.4 Å². The van der Waals surface area contributed by atoms with Crippen molar-refractivity contribution in [3.05, 3.63) is 35.5 Å². The largest absolute Gasteiger partial charge is 0.392 e. The lowest BCUT2D eigenvalue weighted by molar-refractivity contribution is 0.0398. The van der Waals surface area contributed by atoms with Gasteiger partial charge in [-0.2, -0.15) is 0 Å². The van der Waals surface area contributed by atoms with Crippen molar-refractivity contribution in [1.29, 1.82) is 0 Å². The highest BCUT2D eigenvalue weighted by atomic mass is 35.5. The highest BCUT2D eigenvalue weighted by molar-refractivity contribution is 6.31. The van der Waals surface area contributed by atoms with E-state index in [0.29, 0.717) is 6.04 Å². The molecular formula is C19H24ClN3O. The monoisotopic (exact) mass is 345 g/mol. The summed E-state index contributed by atoms with van der Waals surface area (Å²) in [4.78, 5) is 9.40. The molecular weight excluding hydrogens is 322 g/mol. The average molecular weight is 346 g/mol. The predicted octanol–water partition coefficient (Wildman–Crippen LogP) is 3.31. The molecule has 0 amide bonds. The Labute approximate surface area is 148 Å². The van der Waals surface area contributed by atoms with Crippen LogP contribution >= 0.6 is 11.6 Å². The van der Waals surface area contributed by atoms with Crippen LogP contribution < -0.4 is 4.90 Å². The van der Waals surface area contributed by atoms with Gasteiger partial charge in [0.2, 0.25) is 0 Å². The number of nitrogens with zero attached hydrogens (tertiary/aromatic N) is 3. The van der Waals surface area contributed by atoms with Crippen LogP contribution in [0.4, 0.5) is 5.69 Å². The van der Waals surface area contributed by atoms with Gasteiger partial charge in [0.05, 0.1) is 11.6 Å². The molecule has 2 aliphatic rings. The summed E-state index contributed by atoms with van der Waals surface area (Å²) in [6.07, 6.45) is 6.13. The number of hydrogen-bond donors (Lipinski definition) is 1. The average Bonchev–Trinajstić information content (AvgIpc) is 2.61. The smallest absolute Gasteiger partial charge is 0.0723 e. The molecule has 1 atom stereocenters. The molecule has 0 radical (unpaired) electrons. The SMILES string of the molecule is OC1CCCN(C2CCN(c3ccnc4ccc(Cl)cc34)CC2)C1. The highest BCUT2D eigenvalue weighted by Crippen LogP contribution is 2.31. The maximum Gasteiger partial charge on any atom is 0.0723 e. The zero-order valence-electron chi connectivity index (χ0n) is 13.9. The first-order chi connectivity index (χ1) is 11.7. The van der Waals surface area contributed by atoms with Gasteiger partial charge in [-0.3, -0.25) is 9.88 Å². The van der Waals surface area contributed by atoms with Gasteiger partial charge in [0.15, 0.2) is 0 Å². The normalized spacial score (nSPS) is 23.8. The molecule has 1 aromatic carbocycles. The molecule has 2 fully saturated rings. The highest BCUT2D eigenvalue weighted by Gasteiger charge is 2.28. The number of piperidine rings is 2. The Balaban J connectivity index is 1.49. The summed E-state index contributed by atoms with van der Waals surface area (Å²) in [5.41, 5.74) is 2.23. The Hall–Kier alpha value is -1.36. The van der Waals surface area contributed by atoms with Crippen LogP contribution in [0, 0.1) is 0 Å². The van der Waals surface area contributed by atoms with Crippen molar-refractivity contribution in [3.8, 4) is 0 Å². The van der Waals surface area contributed by atoms with E-state index < -0.39 is 0 Å². The summed E-state index contributed by atoms with van der Waals surface area (Å²) in [7, 11) is 0. The van der Waals surface area contributed by atoms with Crippen LogP contribution in [0.5, 0.6) is 0 Å². The number of hydrogen-bond acceptors (Lipinski definition) is 4. The van der Waals surface area contributed by atoms with Crippen LogP contribution in [0.1, 0.15) is 25.7 Å². The molecule has 0 saturated carbocycles. The van der Waals surface area contributed by atoms with E-state index in [1.165, 1.54) is 5.69 Å². The van der Waals surface area contributed by atoms with Crippen molar-refractivity contribution >= 4 is 28.2 Å². The lowest BCUT2D eigenvalue weighted by Gasteiger charge is -2.42. The summed E-state index contributed by atoms with van der Waals surface area (Å²) >= 11 is 6.19. The fourth-order valence-corrected chi connectivity index (χ4v) is 4.34. The molecule has 2 aliphatic heterocycles. The Morgan fingerprint density at radius 3 is 2.71 bits per heavy atom. The first kappa shape index (κ1) is 16.1. The van der Waals surface area contributed by atoms with Gasteiger partial charge in [-0.25, -0.2) is 0 Å². The number of anilines is 1. The van der Waals surface area contributed by atoms with Crippen molar-refractivity contribution in [2.45, 2.75) is 37.8 Å². The van der Waals surface area contributed by atoms with Gasteiger partial charge in [-0.1, -0.05) is 11.6 Å². The maximum atomic E-state index is 9.91. The molecule has 24 heavy (non-hydrogen) atoms. The van der Waals surface area contributed by atoms with Crippen molar-refractivity contribution in [1.82, 2.24) is 9.88 Å². The van der Waals surface area contributed by atoms with E-state index in [-0.39, 0.29) is 6.10 Å². The van der Waals surface area contributed by atoms with E-state index >= 15 is 0 Å². The number of benzene rings is 1. The Morgan fingerprint density at radius 2 is 1.92 bits per heavy atom. The van der Waals surface area contributed by atoms with Crippen LogP contribution in [-0.2, 0) is 0 Å². The molecule has 2 aromatic rings. The molecule has 0 bridgehead atoms. The molecule has 4 nitrogen and oxygen atoms in total. The van der Waals surface area contributed by atoms with E-state index in [0.717, 1.165) is 67.8 Å². The van der Waals surface area contributed by atoms with Crippen molar-refractivity contribution < 1.29 is 5.11 Å². The summed E-state index contributed by atoms with van der Waals surface area (Å²) in [5.74, 6) is 0. The molecule has 4 rings (SSSR count). The summed E-state index contributed by atoms with van der Waals surface area (Å²) in [6.45, 7) is 4.07. The number of likely N-dealkylation sites (tertiary alicyclic amines) is 1. The molecule has 1 unspecified atom stereocenters. The summed E-state index contributed by atoms with van der Waals surface area (Å²) in [6, 6.07) is 8.61. The minimum atomic E-state index is -0.136. The minimum absolute atomic E-state index is 0.136. The number of pyridine rings is 1. The van der Waals surface area contributed by atoms with Gasteiger partial charge in [-0.05, 0) is 56.5 Å². The predicted molar refractivity (Wildman–Crippen MR) is 98.8 cm³/mol. The number of halogens is 1. The maximum absolute atomic E-state index is 9.91. The second kappa shape index (κ2) is 6.87. The van der Waals surface area contributed by atoms with Crippen LogP contribution in [0.15, 0.2) is 30.5 Å². The van der Waals surface area contributed by atoms with E-state index in [4.69, 9.17) is 11.6 Å². The van der Waals surface area contributed by atoms with Crippen molar-refractivity contribution in [2.75, 3.05) is 31.1 Å². The van der Waals surface area contributed by atoms with Crippen LogP contribution in [0.3, 0.4) is 0 Å². The van der Waals surface area contributed by atoms with Crippen LogP contribution in [0.2, 0.25) is 5.02 Å². The Kier molecular flexibility index (Phi) is 4.61. The topological polar surface area (TPSA) is 39.6 Å². The fourth-order valence-electron chi connectivity index (χ4n) is 4.17. The zero-order valence-corrected chi connectivity index (χ0v) is 14.6. The van der Waals surface area contributed by atoms with E-state index in [9.17, 15) is 5.11 Å². The minimum Gasteiger partial charge on any atom is -0.392 e. The number of aliphatic hydroxyl groups is 1.